The highest BCUT2D eigenvalue weighted by atomic mass is 16.4. The normalized spacial score (nSPS) is 11.8. The maximum atomic E-state index is 11.1. The second-order valence-corrected chi connectivity index (χ2v) is 3.18. The number of carbonyl (C=O) groups is 2. The summed E-state index contributed by atoms with van der Waals surface area (Å²) < 4.78 is 0. The van der Waals surface area contributed by atoms with Gasteiger partial charge >= 0.3 is 5.97 Å². The Morgan fingerprint density at radius 3 is 2.40 bits per heavy atom. The molecule has 0 radical (unpaired) electrons. The highest BCUT2D eigenvalue weighted by molar-refractivity contribution is 5.85. The molecule has 80 valence electrons. The molecule has 1 amide bonds. The summed E-state index contributed by atoms with van der Waals surface area (Å²) in [6.45, 7) is 0. The number of hydrogen-bond acceptors (Lipinski definition) is 2. The molecule has 0 heterocycles. The highest BCUT2D eigenvalue weighted by Crippen LogP contribution is 2.19. The van der Waals surface area contributed by atoms with E-state index in [1.165, 1.54) is 7.05 Å². The highest BCUT2D eigenvalue weighted by Gasteiger charge is 2.22. The first-order valence-electron chi connectivity index (χ1n) is 4.63. The summed E-state index contributed by atoms with van der Waals surface area (Å²) in [6.07, 6.45) is -0.0319. The van der Waals surface area contributed by atoms with Crippen LogP contribution in [0, 0.1) is 0 Å². The topological polar surface area (TPSA) is 66.4 Å². The third-order valence-corrected chi connectivity index (χ3v) is 2.17. The van der Waals surface area contributed by atoms with E-state index in [9.17, 15) is 9.59 Å². The lowest BCUT2D eigenvalue weighted by molar-refractivity contribution is -0.140. The van der Waals surface area contributed by atoms with Crippen LogP contribution >= 0.6 is 0 Å². The van der Waals surface area contributed by atoms with Gasteiger partial charge in [-0.05, 0) is 5.56 Å². The van der Waals surface area contributed by atoms with E-state index in [0.717, 1.165) is 0 Å². The molecule has 2 N–H and O–H groups in total. The quantitative estimate of drug-likeness (QED) is 0.773. The average Bonchev–Trinajstić information content (AvgIpc) is 2.26. The molecular weight excluding hydrogens is 194 g/mol. The van der Waals surface area contributed by atoms with Crippen molar-refractivity contribution in [3.63, 3.8) is 0 Å². The van der Waals surface area contributed by atoms with Gasteiger partial charge in [0.1, 0.15) is 0 Å². The first-order chi connectivity index (χ1) is 7.15. The molecule has 4 nitrogen and oxygen atoms in total. The van der Waals surface area contributed by atoms with E-state index < -0.39 is 11.9 Å². The number of benzene rings is 1. The van der Waals surface area contributed by atoms with Gasteiger partial charge in [0, 0.05) is 13.5 Å². The minimum absolute atomic E-state index is 0.0319. The minimum Gasteiger partial charge on any atom is -0.481 e. The third kappa shape index (κ3) is 3.09. The molecule has 0 aliphatic carbocycles. The van der Waals surface area contributed by atoms with Gasteiger partial charge in [0.2, 0.25) is 5.91 Å². The maximum Gasteiger partial charge on any atom is 0.311 e. The molecule has 1 aromatic carbocycles. The van der Waals surface area contributed by atoms with E-state index >= 15 is 0 Å². The summed E-state index contributed by atoms with van der Waals surface area (Å²) >= 11 is 0. The van der Waals surface area contributed by atoms with Crippen molar-refractivity contribution < 1.29 is 14.7 Å². The van der Waals surface area contributed by atoms with Gasteiger partial charge in [0.05, 0.1) is 5.92 Å². The van der Waals surface area contributed by atoms with E-state index in [1.54, 1.807) is 24.3 Å². The Balaban J connectivity index is 2.84. The van der Waals surface area contributed by atoms with Crippen molar-refractivity contribution in [3.05, 3.63) is 35.9 Å². The Kier molecular flexibility index (Phi) is 3.85. The summed E-state index contributed by atoms with van der Waals surface area (Å²) in [4.78, 5) is 22.1. The Morgan fingerprint density at radius 1 is 1.33 bits per heavy atom. The summed E-state index contributed by atoms with van der Waals surface area (Å²) in [5, 5.41) is 11.4. The first-order valence-corrected chi connectivity index (χ1v) is 4.63. The van der Waals surface area contributed by atoms with Gasteiger partial charge in [0.15, 0.2) is 0 Å². The molecule has 0 aliphatic heterocycles. The molecule has 1 rings (SSSR count). The van der Waals surface area contributed by atoms with Gasteiger partial charge in [-0.2, -0.15) is 0 Å². The molecule has 1 aromatic rings. The zero-order valence-electron chi connectivity index (χ0n) is 8.43. The maximum absolute atomic E-state index is 11.1. The number of carboxylic acid groups (broad SMARTS) is 1. The number of carbonyl (C=O) groups excluding carboxylic acids is 1. The lowest BCUT2D eigenvalue weighted by atomic mass is 9.96. The SMILES string of the molecule is CNC(=O)C[C@@H](C(=O)O)c1ccccc1. The second kappa shape index (κ2) is 5.14. The van der Waals surface area contributed by atoms with Crippen LogP contribution in [0.5, 0.6) is 0 Å². The zero-order valence-corrected chi connectivity index (χ0v) is 8.43. The Hall–Kier alpha value is -1.84. The lowest BCUT2D eigenvalue weighted by Crippen LogP contribution is -2.24. The van der Waals surface area contributed by atoms with Gasteiger partial charge in [0.25, 0.3) is 0 Å². The zero-order chi connectivity index (χ0) is 11.3. The molecule has 0 bridgehead atoms. The molecular formula is C11H13NO3. The molecule has 0 aromatic heterocycles. The molecule has 1 atom stereocenters. The summed E-state index contributed by atoms with van der Waals surface area (Å²) in [5.74, 6) is -2.03. The van der Waals surface area contributed by atoms with E-state index in [-0.39, 0.29) is 12.3 Å². The van der Waals surface area contributed by atoms with E-state index in [4.69, 9.17) is 5.11 Å². The fourth-order valence-electron chi connectivity index (χ4n) is 1.32. The predicted molar refractivity (Wildman–Crippen MR) is 55.5 cm³/mol. The monoisotopic (exact) mass is 207 g/mol. The van der Waals surface area contributed by atoms with Crippen molar-refractivity contribution in [1.82, 2.24) is 5.32 Å². The van der Waals surface area contributed by atoms with Gasteiger partial charge in [-0.3, -0.25) is 9.59 Å². The van der Waals surface area contributed by atoms with E-state index in [0.29, 0.717) is 5.56 Å². The van der Waals surface area contributed by atoms with Crippen molar-refractivity contribution in [1.29, 1.82) is 0 Å². The van der Waals surface area contributed by atoms with Crippen LogP contribution in [0.25, 0.3) is 0 Å². The standard InChI is InChI=1S/C11H13NO3/c1-12-10(13)7-9(11(14)15)8-5-3-2-4-6-8/h2-6,9H,7H2,1H3,(H,12,13)(H,14,15)/t9-/m1/s1. The lowest BCUT2D eigenvalue weighted by Gasteiger charge is -2.11. The first kappa shape index (κ1) is 11.2. The van der Waals surface area contributed by atoms with Crippen molar-refractivity contribution in [2.24, 2.45) is 0 Å². The Bertz CT molecular complexity index is 348. The Labute approximate surface area is 87.9 Å². The molecule has 0 fully saturated rings. The van der Waals surface area contributed by atoms with Crippen molar-refractivity contribution in [2.75, 3.05) is 7.05 Å². The molecule has 15 heavy (non-hydrogen) atoms. The summed E-state index contributed by atoms with van der Waals surface area (Å²) in [5.41, 5.74) is 0.647. The van der Waals surface area contributed by atoms with E-state index in [1.807, 2.05) is 6.07 Å². The number of carboxylic acids is 1. The smallest absolute Gasteiger partial charge is 0.311 e. The van der Waals surface area contributed by atoms with Crippen LogP contribution in [-0.4, -0.2) is 24.0 Å². The number of nitrogens with one attached hydrogen (secondary N) is 1. The average molecular weight is 207 g/mol. The van der Waals surface area contributed by atoms with Crippen LogP contribution in [0.2, 0.25) is 0 Å². The van der Waals surface area contributed by atoms with Gasteiger partial charge in [-0.15, -0.1) is 0 Å². The fraction of sp³-hybridized carbons (Fsp3) is 0.273. The summed E-state index contributed by atoms with van der Waals surface area (Å²) in [7, 11) is 1.49. The molecule has 0 aliphatic rings. The summed E-state index contributed by atoms with van der Waals surface area (Å²) in [6, 6.07) is 8.75. The van der Waals surface area contributed by atoms with Gasteiger partial charge in [-0.25, -0.2) is 0 Å². The number of aliphatic carboxylic acids is 1. The predicted octanol–water partition coefficient (Wildman–Crippen LogP) is 0.991. The van der Waals surface area contributed by atoms with Crippen LogP contribution < -0.4 is 5.32 Å². The van der Waals surface area contributed by atoms with E-state index in [2.05, 4.69) is 5.32 Å². The van der Waals surface area contributed by atoms with Crippen molar-refractivity contribution in [3.8, 4) is 0 Å². The molecule has 0 spiro atoms. The van der Waals surface area contributed by atoms with Gasteiger partial charge < -0.3 is 10.4 Å². The number of hydrogen-bond donors (Lipinski definition) is 2. The molecule has 0 saturated heterocycles. The van der Waals surface area contributed by atoms with Gasteiger partial charge in [-0.1, -0.05) is 30.3 Å². The van der Waals surface area contributed by atoms with Crippen LogP contribution in [0.1, 0.15) is 17.9 Å². The van der Waals surface area contributed by atoms with Crippen molar-refractivity contribution >= 4 is 11.9 Å². The second-order valence-electron chi connectivity index (χ2n) is 3.18. The number of amides is 1. The Morgan fingerprint density at radius 2 is 1.93 bits per heavy atom. The van der Waals surface area contributed by atoms with Crippen LogP contribution in [0.4, 0.5) is 0 Å². The fourth-order valence-corrected chi connectivity index (χ4v) is 1.32. The molecule has 0 saturated carbocycles. The van der Waals surface area contributed by atoms with Crippen LogP contribution in [0.15, 0.2) is 30.3 Å². The third-order valence-electron chi connectivity index (χ3n) is 2.17. The van der Waals surface area contributed by atoms with Crippen LogP contribution in [-0.2, 0) is 9.59 Å². The number of rotatable bonds is 4. The van der Waals surface area contributed by atoms with Crippen LogP contribution in [0.3, 0.4) is 0 Å². The molecule has 4 heteroatoms. The van der Waals surface area contributed by atoms with Crippen molar-refractivity contribution in [2.45, 2.75) is 12.3 Å². The largest absolute Gasteiger partial charge is 0.481 e. The molecule has 0 unspecified atom stereocenters. The minimum atomic E-state index is -0.982.